The molecule has 1 aromatic heterocycles. The maximum absolute atomic E-state index is 14.7. The number of halogens is 1. The first-order chi connectivity index (χ1) is 20.1. The number of hydrogen-bond acceptors (Lipinski definition) is 7. The zero-order chi connectivity index (χ0) is 28.4. The third-order valence-corrected chi connectivity index (χ3v) is 7.19. The van der Waals surface area contributed by atoms with Crippen molar-refractivity contribution in [2.45, 2.75) is 18.8 Å². The SMILES string of the molecule is COCc1cc(/C=C/c2cccc(F)c2OCC(O)CN2CCN(C(c3ccccc3)c3ccccc3)CC2)on1. The quantitative estimate of drug-likeness (QED) is 0.254. The first-order valence-corrected chi connectivity index (χ1v) is 13.9. The minimum atomic E-state index is -0.761. The van der Waals surface area contributed by atoms with Crippen molar-refractivity contribution in [3.8, 4) is 5.75 Å². The summed E-state index contributed by atoms with van der Waals surface area (Å²) in [4.78, 5) is 4.73. The number of aliphatic hydroxyl groups excluding tert-OH is 1. The highest BCUT2D eigenvalue weighted by atomic mass is 19.1. The Balaban J connectivity index is 1.16. The number of nitrogens with zero attached hydrogens (tertiary/aromatic N) is 3. The van der Waals surface area contributed by atoms with Crippen LogP contribution in [-0.2, 0) is 11.3 Å². The summed E-state index contributed by atoms with van der Waals surface area (Å²) in [5, 5.41) is 14.7. The molecule has 1 unspecified atom stereocenters. The lowest BCUT2D eigenvalue weighted by molar-refractivity contribution is 0.0393. The molecule has 0 saturated carbocycles. The maximum Gasteiger partial charge on any atom is 0.165 e. The van der Waals surface area contributed by atoms with Gasteiger partial charge in [-0.15, -0.1) is 0 Å². The van der Waals surface area contributed by atoms with Gasteiger partial charge < -0.3 is 19.1 Å². The van der Waals surface area contributed by atoms with Crippen LogP contribution in [-0.4, -0.2) is 72.6 Å². The van der Waals surface area contributed by atoms with E-state index in [0.717, 1.165) is 26.2 Å². The number of benzene rings is 3. The van der Waals surface area contributed by atoms with E-state index in [0.29, 0.717) is 30.2 Å². The van der Waals surface area contributed by atoms with Crippen LogP contribution in [0.2, 0.25) is 0 Å². The molecule has 0 spiro atoms. The van der Waals surface area contributed by atoms with Crippen LogP contribution in [0.5, 0.6) is 5.75 Å². The molecule has 0 amide bonds. The molecule has 8 heteroatoms. The smallest absolute Gasteiger partial charge is 0.165 e. The van der Waals surface area contributed by atoms with Gasteiger partial charge in [0.1, 0.15) is 18.4 Å². The Morgan fingerprint density at radius 3 is 2.27 bits per heavy atom. The van der Waals surface area contributed by atoms with E-state index in [1.807, 2.05) is 12.1 Å². The van der Waals surface area contributed by atoms with Crippen molar-refractivity contribution >= 4 is 12.2 Å². The molecule has 0 radical (unpaired) electrons. The Kier molecular flexibility index (Phi) is 9.93. The van der Waals surface area contributed by atoms with Gasteiger partial charge in [0, 0.05) is 51.5 Å². The summed E-state index contributed by atoms with van der Waals surface area (Å²) in [7, 11) is 1.59. The average Bonchev–Trinajstić information content (AvgIpc) is 3.45. The second kappa shape index (κ2) is 14.2. The lowest BCUT2D eigenvalue weighted by Gasteiger charge is -2.40. The fraction of sp³-hybridized carbons (Fsp3) is 0.303. The lowest BCUT2D eigenvalue weighted by atomic mass is 9.96. The molecule has 41 heavy (non-hydrogen) atoms. The highest BCUT2D eigenvalue weighted by Gasteiger charge is 2.27. The summed E-state index contributed by atoms with van der Waals surface area (Å²) in [6.07, 6.45) is 2.64. The molecule has 4 aromatic rings. The Bertz CT molecular complexity index is 1350. The summed E-state index contributed by atoms with van der Waals surface area (Å²) in [6.45, 7) is 4.18. The Labute approximate surface area is 240 Å². The minimum Gasteiger partial charge on any atom is -0.487 e. The van der Waals surface area contributed by atoms with Gasteiger partial charge in [-0.05, 0) is 29.3 Å². The van der Waals surface area contributed by atoms with Crippen molar-refractivity contribution in [1.82, 2.24) is 15.0 Å². The molecule has 214 valence electrons. The highest BCUT2D eigenvalue weighted by Crippen LogP contribution is 2.30. The van der Waals surface area contributed by atoms with Crippen molar-refractivity contribution in [1.29, 1.82) is 0 Å². The normalized spacial score (nSPS) is 15.5. The summed E-state index contributed by atoms with van der Waals surface area (Å²) < 4.78 is 30.8. The summed E-state index contributed by atoms with van der Waals surface area (Å²) in [6, 6.07) is 27.8. The van der Waals surface area contributed by atoms with Crippen LogP contribution in [0.15, 0.2) is 89.5 Å². The second-order valence-corrected chi connectivity index (χ2v) is 10.2. The standard InChI is InChI=1S/C33H36FN3O4/c1-39-23-28-21-30(41-35-28)16-15-27-13-8-14-31(34)33(27)40-24-29(38)22-36-17-19-37(20-18-36)32(25-9-4-2-5-10-25)26-11-6-3-7-12-26/h2-16,21,29,32,38H,17-20,22-24H2,1H3/b16-15+. The van der Waals surface area contributed by atoms with Crippen LogP contribution in [0, 0.1) is 5.82 Å². The van der Waals surface area contributed by atoms with Gasteiger partial charge in [0.15, 0.2) is 17.3 Å². The van der Waals surface area contributed by atoms with Gasteiger partial charge in [0.05, 0.1) is 12.6 Å². The third-order valence-electron chi connectivity index (χ3n) is 7.19. The molecular weight excluding hydrogens is 521 g/mol. The number of β-amino-alcohol motifs (C(OH)–C–C–N with tert-alkyl or cyclic N) is 1. The highest BCUT2D eigenvalue weighted by molar-refractivity contribution is 5.71. The zero-order valence-electron chi connectivity index (χ0n) is 23.2. The molecule has 1 atom stereocenters. The maximum atomic E-state index is 14.7. The molecular formula is C33H36FN3O4. The molecule has 1 saturated heterocycles. The Morgan fingerprint density at radius 2 is 1.61 bits per heavy atom. The van der Waals surface area contributed by atoms with E-state index in [9.17, 15) is 9.50 Å². The fourth-order valence-electron chi connectivity index (χ4n) is 5.22. The molecule has 1 aliphatic heterocycles. The van der Waals surface area contributed by atoms with Crippen LogP contribution < -0.4 is 4.74 Å². The molecule has 0 aliphatic carbocycles. The summed E-state index contributed by atoms with van der Waals surface area (Å²) >= 11 is 0. The van der Waals surface area contributed by atoms with Crippen LogP contribution in [0.1, 0.15) is 34.2 Å². The molecule has 5 rings (SSSR count). The van der Waals surface area contributed by atoms with Crippen LogP contribution >= 0.6 is 0 Å². The van der Waals surface area contributed by atoms with E-state index < -0.39 is 11.9 Å². The van der Waals surface area contributed by atoms with Crippen LogP contribution in [0.4, 0.5) is 4.39 Å². The van der Waals surface area contributed by atoms with Crippen molar-refractivity contribution in [3.05, 3.63) is 119 Å². The van der Waals surface area contributed by atoms with Crippen molar-refractivity contribution in [3.63, 3.8) is 0 Å². The third kappa shape index (κ3) is 7.68. The number of para-hydroxylation sites is 1. The van der Waals surface area contributed by atoms with Gasteiger partial charge in [-0.25, -0.2) is 4.39 Å². The monoisotopic (exact) mass is 557 g/mol. The topological polar surface area (TPSA) is 71.2 Å². The summed E-state index contributed by atoms with van der Waals surface area (Å²) in [5.74, 6) is 0.129. The molecule has 2 heterocycles. The molecule has 0 bridgehead atoms. The average molecular weight is 558 g/mol. The number of piperazine rings is 1. The molecule has 1 fully saturated rings. The van der Waals surface area contributed by atoms with Gasteiger partial charge >= 0.3 is 0 Å². The van der Waals surface area contributed by atoms with E-state index in [2.05, 4.69) is 63.5 Å². The number of methoxy groups -OCH3 is 1. The second-order valence-electron chi connectivity index (χ2n) is 10.2. The first-order valence-electron chi connectivity index (χ1n) is 13.9. The number of aromatic nitrogens is 1. The fourth-order valence-corrected chi connectivity index (χ4v) is 5.22. The molecule has 1 N–H and O–H groups in total. The van der Waals surface area contributed by atoms with Gasteiger partial charge in [-0.3, -0.25) is 9.80 Å². The zero-order valence-corrected chi connectivity index (χ0v) is 23.2. The largest absolute Gasteiger partial charge is 0.487 e. The number of ether oxygens (including phenoxy) is 2. The van der Waals surface area contributed by atoms with E-state index >= 15 is 0 Å². The van der Waals surface area contributed by atoms with E-state index in [4.69, 9.17) is 14.0 Å². The van der Waals surface area contributed by atoms with Gasteiger partial charge in [0.2, 0.25) is 0 Å². The first kappa shape index (κ1) is 28.7. The molecule has 1 aliphatic rings. The minimum absolute atomic E-state index is 0.0149. The molecule has 7 nitrogen and oxygen atoms in total. The number of rotatable bonds is 12. The Morgan fingerprint density at radius 1 is 0.927 bits per heavy atom. The van der Waals surface area contributed by atoms with Gasteiger partial charge in [-0.2, -0.15) is 0 Å². The van der Waals surface area contributed by atoms with Gasteiger partial charge in [-0.1, -0.05) is 78.0 Å². The molecule has 3 aromatic carbocycles. The van der Waals surface area contributed by atoms with Gasteiger partial charge in [0.25, 0.3) is 0 Å². The van der Waals surface area contributed by atoms with E-state index in [-0.39, 0.29) is 18.4 Å². The van der Waals surface area contributed by atoms with Crippen LogP contribution in [0.25, 0.3) is 12.2 Å². The van der Waals surface area contributed by atoms with Crippen molar-refractivity contribution < 1.29 is 23.5 Å². The number of hydrogen-bond donors (Lipinski definition) is 1. The number of aliphatic hydroxyl groups is 1. The van der Waals surface area contributed by atoms with E-state index in [1.54, 1.807) is 37.5 Å². The van der Waals surface area contributed by atoms with E-state index in [1.165, 1.54) is 17.2 Å². The van der Waals surface area contributed by atoms with Crippen LogP contribution in [0.3, 0.4) is 0 Å². The van der Waals surface area contributed by atoms with Crippen molar-refractivity contribution in [2.75, 3.05) is 46.4 Å². The Hall–Kier alpha value is -3.82. The van der Waals surface area contributed by atoms with Crippen molar-refractivity contribution in [2.24, 2.45) is 0 Å². The lowest BCUT2D eigenvalue weighted by Crippen LogP contribution is -2.50. The predicted octanol–water partition coefficient (Wildman–Crippen LogP) is 5.28. The predicted molar refractivity (Wildman–Crippen MR) is 157 cm³/mol. The summed E-state index contributed by atoms with van der Waals surface area (Å²) in [5.41, 5.74) is 3.76.